The maximum absolute atomic E-state index is 9.14. The first-order valence-electron chi connectivity index (χ1n) is 8.36. The van der Waals surface area contributed by atoms with Crippen molar-refractivity contribution in [3.05, 3.63) is 0 Å². The van der Waals surface area contributed by atoms with E-state index in [1.807, 2.05) is 6.92 Å². The van der Waals surface area contributed by atoms with Crippen molar-refractivity contribution >= 4 is 0 Å². The van der Waals surface area contributed by atoms with E-state index in [-0.39, 0.29) is 6.10 Å². The Hall–Kier alpha value is -0.0800. The molecule has 0 saturated carbocycles. The molecule has 0 bridgehead atoms. The highest BCUT2D eigenvalue weighted by molar-refractivity contribution is 4.54. The topological polar surface area (TPSA) is 29.5 Å². The molecule has 0 radical (unpaired) electrons. The number of hydrogen-bond donors (Lipinski definition) is 1. The summed E-state index contributed by atoms with van der Waals surface area (Å²) in [5, 5.41) is 9.14. The fourth-order valence-electron chi connectivity index (χ4n) is 2.46. The lowest BCUT2D eigenvalue weighted by Crippen LogP contribution is -2.13. The van der Waals surface area contributed by atoms with Crippen LogP contribution in [0.25, 0.3) is 0 Å². The highest BCUT2D eigenvalue weighted by Crippen LogP contribution is 2.13. The predicted octanol–water partition coefficient (Wildman–Crippen LogP) is 5.08. The number of unbranched alkanes of at least 4 members (excludes halogenated alkanes) is 7. The van der Waals surface area contributed by atoms with Crippen LogP contribution in [0.5, 0.6) is 0 Å². The summed E-state index contributed by atoms with van der Waals surface area (Å²) in [5.74, 6) is 0. The summed E-state index contributed by atoms with van der Waals surface area (Å²) in [5.41, 5.74) is 0. The first-order valence-corrected chi connectivity index (χ1v) is 8.36. The molecule has 0 aliphatic rings. The van der Waals surface area contributed by atoms with Gasteiger partial charge in [0.05, 0.1) is 18.3 Å². The summed E-state index contributed by atoms with van der Waals surface area (Å²) in [6.45, 7) is 8.27. The van der Waals surface area contributed by atoms with Gasteiger partial charge in [-0.2, -0.15) is 0 Å². The second-order valence-electron chi connectivity index (χ2n) is 6.25. The Labute approximate surface area is 120 Å². The van der Waals surface area contributed by atoms with Gasteiger partial charge in [0.25, 0.3) is 0 Å². The van der Waals surface area contributed by atoms with Crippen LogP contribution in [0.2, 0.25) is 0 Å². The average Bonchev–Trinajstić information content (AvgIpc) is 2.30. The molecule has 0 aliphatic heterocycles. The minimum absolute atomic E-state index is 0.116. The molecule has 0 saturated heterocycles. The van der Waals surface area contributed by atoms with Crippen LogP contribution in [0, 0.1) is 0 Å². The Morgan fingerprint density at radius 3 is 1.53 bits per heavy atom. The SMILES string of the molecule is CC(C)O[C@H](C)CCCCCCCCCC[C@H](C)O. The zero-order chi connectivity index (χ0) is 14.5. The molecular weight excluding hydrogens is 236 g/mol. The molecule has 0 aromatic heterocycles. The normalized spacial score (nSPS) is 14.8. The van der Waals surface area contributed by atoms with E-state index in [2.05, 4.69) is 20.8 Å². The largest absolute Gasteiger partial charge is 0.393 e. The first kappa shape index (κ1) is 18.9. The van der Waals surface area contributed by atoms with Gasteiger partial charge in [-0.3, -0.25) is 0 Å². The number of aliphatic hydroxyl groups is 1. The second kappa shape index (κ2) is 12.9. The van der Waals surface area contributed by atoms with Crippen molar-refractivity contribution in [1.82, 2.24) is 0 Å². The molecule has 0 unspecified atom stereocenters. The molecule has 0 aromatic rings. The molecule has 0 aliphatic carbocycles. The first-order chi connectivity index (χ1) is 9.02. The van der Waals surface area contributed by atoms with E-state index in [0.29, 0.717) is 12.2 Å². The molecule has 0 fully saturated rings. The summed E-state index contributed by atoms with van der Waals surface area (Å²) in [4.78, 5) is 0. The summed E-state index contributed by atoms with van der Waals surface area (Å²) in [6, 6.07) is 0. The van der Waals surface area contributed by atoms with E-state index in [1.54, 1.807) is 0 Å². The van der Waals surface area contributed by atoms with E-state index in [9.17, 15) is 0 Å². The van der Waals surface area contributed by atoms with E-state index >= 15 is 0 Å². The molecule has 1 N–H and O–H groups in total. The zero-order valence-electron chi connectivity index (χ0n) is 13.7. The third kappa shape index (κ3) is 15.9. The van der Waals surface area contributed by atoms with Crippen molar-refractivity contribution in [2.75, 3.05) is 0 Å². The van der Waals surface area contributed by atoms with Crippen LogP contribution in [0.3, 0.4) is 0 Å². The summed E-state index contributed by atoms with van der Waals surface area (Å²) >= 11 is 0. The standard InChI is InChI=1S/C17H36O2/c1-15(2)19-17(4)14-12-10-8-6-5-7-9-11-13-16(3)18/h15-18H,5-14H2,1-4H3/t16-,17+/m0/s1. The molecule has 0 heterocycles. The van der Waals surface area contributed by atoms with Gasteiger partial charge >= 0.3 is 0 Å². The smallest absolute Gasteiger partial charge is 0.0550 e. The minimum atomic E-state index is -0.116. The van der Waals surface area contributed by atoms with Gasteiger partial charge in [0.15, 0.2) is 0 Å². The molecule has 2 atom stereocenters. The number of aliphatic hydroxyl groups excluding tert-OH is 1. The Morgan fingerprint density at radius 1 is 0.684 bits per heavy atom. The average molecular weight is 272 g/mol. The zero-order valence-corrected chi connectivity index (χ0v) is 13.7. The Balaban J connectivity index is 3.10. The molecule has 0 aromatic carbocycles. The van der Waals surface area contributed by atoms with E-state index in [4.69, 9.17) is 9.84 Å². The third-order valence-corrected chi connectivity index (χ3v) is 3.49. The van der Waals surface area contributed by atoms with Crippen LogP contribution in [0.15, 0.2) is 0 Å². The van der Waals surface area contributed by atoms with Crippen molar-refractivity contribution < 1.29 is 9.84 Å². The molecule has 2 nitrogen and oxygen atoms in total. The highest BCUT2D eigenvalue weighted by atomic mass is 16.5. The quantitative estimate of drug-likeness (QED) is 0.474. The molecule has 116 valence electrons. The van der Waals surface area contributed by atoms with Crippen LogP contribution >= 0.6 is 0 Å². The van der Waals surface area contributed by atoms with E-state index in [0.717, 1.165) is 6.42 Å². The van der Waals surface area contributed by atoms with Crippen LogP contribution in [-0.4, -0.2) is 23.4 Å². The maximum atomic E-state index is 9.14. The van der Waals surface area contributed by atoms with Crippen LogP contribution < -0.4 is 0 Å². The number of ether oxygens (including phenoxy) is 1. The van der Waals surface area contributed by atoms with Gasteiger partial charge in [-0.15, -0.1) is 0 Å². The molecule has 0 rings (SSSR count). The van der Waals surface area contributed by atoms with Crippen LogP contribution in [-0.2, 0) is 4.74 Å². The molecule has 0 amide bonds. The molecule has 2 heteroatoms. The van der Waals surface area contributed by atoms with Gasteiger partial charge in [0.2, 0.25) is 0 Å². The fraction of sp³-hybridized carbons (Fsp3) is 1.00. The van der Waals surface area contributed by atoms with Gasteiger partial charge in [-0.25, -0.2) is 0 Å². The van der Waals surface area contributed by atoms with Gasteiger partial charge in [-0.05, 0) is 40.5 Å². The van der Waals surface area contributed by atoms with Gasteiger partial charge in [0, 0.05) is 0 Å². The lowest BCUT2D eigenvalue weighted by Gasteiger charge is -2.15. The van der Waals surface area contributed by atoms with E-state index in [1.165, 1.54) is 57.8 Å². The van der Waals surface area contributed by atoms with Crippen molar-refractivity contribution in [3.63, 3.8) is 0 Å². The summed E-state index contributed by atoms with van der Waals surface area (Å²) < 4.78 is 5.72. The van der Waals surface area contributed by atoms with Crippen molar-refractivity contribution in [3.8, 4) is 0 Å². The summed E-state index contributed by atoms with van der Waals surface area (Å²) in [7, 11) is 0. The second-order valence-corrected chi connectivity index (χ2v) is 6.25. The Kier molecular flexibility index (Phi) is 12.9. The predicted molar refractivity (Wildman–Crippen MR) is 83.5 cm³/mol. The van der Waals surface area contributed by atoms with Crippen LogP contribution in [0.4, 0.5) is 0 Å². The molecular formula is C17H36O2. The van der Waals surface area contributed by atoms with Gasteiger partial charge in [-0.1, -0.05) is 51.4 Å². The summed E-state index contributed by atoms with van der Waals surface area (Å²) in [6.07, 6.45) is 13.4. The van der Waals surface area contributed by atoms with Crippen LogP contribution in [0.1, 0.15) is 91.9 Å². The van der Waals surface area contributed by atoms with Crippen molar-refractivity contribution in [2.45, 2.75) is 110 Å². The van der Waals surface area contributed by atoms with E-state index < -0.39 is 0 Å². The third-order valence-electron chi connectivity index (χ3n) is 3.49. The number of hydrogen-bond acceptors (Lipinski definition) is 2. The fourth-order valence-corrected chi connectivity index (χ4v) is 2.46. The maximum Gasteiger partial charge on any atom is 0.0550 e. The monoisotopic (exact) mass is 272 g/mol. The molecule has 19 heavy (non-hydrogen) atoms. The van der Waals surface area contributed by atoms with Crippen molar-refractivity contribution in [1.29, 1.82) is 0 Å². The van der Waals surface area contributed by atoms with Gasteiger partial charge < -0.3 is 9.84 Å². The minimum Gasteiger partial charge on any atom is -0.393 e. The Morgan fingerprint density at radius 2 is 1.11 bits per heavy atom. The highest BCUT2D eigenvalue weighted by Gasteiger charge is 2.03. The van der Waals surface area contributed by atoms with Gasteiger partial charge in [0.1, 0.15) is 0 Å². The lowest BCUT2D eigenvalue weighted by atomic mass is 10.0. The Bertz CT molecular complexity index is 178. The number of rotatable bonds is 13. The van der Waals surface area contributed by atoms with Crippen molar-refractivity contribution in [2.24, 2.45) is 0 Å². The lowest BCUT2D eigenvalue weighted by molar-refractivity contribution is 0.0131. The molecule has 0 spiro atoms.